The standard InChI is InChI=1S/C31H18Cl2FN3O4S/c32-23-15-25(37(39)40)24(33)14-22(23)26-12-10-19(41-26)13-27-30(38)36-29(17-5-8-18(34)9-6-17)21-11-7-16-3-1-2-4-20(16)28(21)35-31(36)42-27/h1-6,8-10,12-15,29H,7,11H2/b27-13-/t29-/m0/s1. The van der Waals surface area contributed by atoms with Crippen LogP contribution in [-0.4, -0.2) is 9.49 Å². The molecule has 1 aliphatic heterocycles. The van der Waals surface area contributed by atoms with Crippen LogP contribution in [0.4, 0.5) is 10.1 Å². The van der Waals surface area contributed by atoms with Crippen LogP contribution in [0, 0.1) is 15.9 Å². The van der Waals surface area contributed by atoms with E-state index in [0.29, 0.717) is 26.4 Å². The molecule has 3 aromatic carbocycles. The fourth-order valence-corrected chi connectivity index (χ4v) is 7.00. The highest BCUT2D eigenvalue weighted by Crippen LogP contribution is 2.41. The predicted molar refractivity (Wildman–Crippen MR) is 160 cm³/mol. The first-order valence-electron chi connectivity index (χ1n) is 12.9. The molecule has 0 spiro atoms. The van der Waals surface area contributed by atoms with Gasteiger partial charge in [-0.3, -0.25) is 19.5 Å². The van der Waals surface area contributed by atoms with E-state index in [4.69, 9.17) is 32.6 Å². The molecule has 1 aliphatic carbocycles. The van der Waals surface area contributed by atoms with Crippen LogP contribution in [-0.2, 0) is 6.42 Å². The van der Waals surface area contributed by atoms with Gasteiger partial charge in [-0.15, -0.1) is 0 Å². The topological polar surface area (TPSA) is 90.6 Å². The predicted octanol–water partition coefficient (Wildman–Crippen LogP) is 6.93. The molecule has 2 aromatic heterocycles. The first-order chi connectivity index (χ1) is 20.3. The van der Waals surface area contributed by atoms with Crippen molar-refractivity contribution in [2.45, 2.75) is 18.9 Å². The zero-order valence-corrected chi connectivity index (χ0v) is 23.8. The number of hydrogen-bond acceptors (Lipinski definition) is 6. The molecular weight excluding hydrogens is 600 g/mol. The van der Waals surface area contributed by atoms with E-state index < -0.39 is 11.0 Å². The van der Waals surface area contributed by atoms with E-state index in [9.17, 15) is 19.3 Å². The lowest BCUT2D eigenvalue weighted by molar-refractivity contribution is -0.384. The van der Waals surface area contributed by atoms with E-state index in [-0.39, 0.29) is 27.1 Å². The van der Waals surface area contributed by atoms with E-state index in [1.54, 1.807) is 34.9 Å². The molecule has 0 fully saturated rings. The van der Waals surface area contributed by atoms with Crippen LogP contribution in [0.2, 0.25) is 10.0 Å². The Labute approximate surface area is 251 Å². The van der Waals surface area contributed by atoms with Gasteiger partial charge < -0.3 is 4.42 Å². The maximum atomic E-state index is 13.9. The quantitative estimate of drug-likeness (QED) is 0.161. The molecule has 1 atom stereocenters. The summed E-state index contributed by atoms with van der Waals surface area (Å²) in [6, 6.07) is 19.8. The van der Waals surface area contributed by atoms with Gasteiger partial charge in [0.2, 0.25) is 0 Å². The van der Waals surface area contributed by atoms with Crippen LogP contribution in [0.5, 0.6) is 0 Å². The Bertz CT molecular complexity index is 2150. The summed E-state index contributed by atoms with van der Waals surface area (Å²) < 4.78 is 21.9. The average molecular weight is 618 g/mol. The molecule has 11 heteroatoms. The highest BCUT2D eigenvalue weighted by Gasteiger charge is 2.32. The van der Waals surface area contributed by atoms with Gasteiger partial charge in [0.1, 0.15) is 22.4 Å². The molecular formula is C31H18Cl2FN3O4S. The zero-order chi connectivity index (χ0) is 29.1. The van der Waals surface area contributed by atoms with Crippen LogP contribution >= 0.6 is 34.5 Å². The Morgan fingerprint density at radius 2 is 1.81 bits per heavy atom. The Morgan fingerprint density at radius 3 is 2.60 bits per heavy atom. The number of halogens is 3. The number of furan rings is 1. The van der Waals surface area contributed by atoms with Crippen molar-refractivity contribution in [2.24, 2.45) is 4.99 Å². The third-order valence-electron chi connectivity index (χ3n) is 7.46. The van der Waals surface area contributed by atoms with Gasteiger partial charge in [0.25, 0.3) is 11.2 Å². The molecule has 0 saturated carbocycles. The van der Waals surface area contributed by atoms with Crippen molar-refractivity contribution in [3.8, 4) is 11.3 Å². The summed E-state index contributed by atoms with van der Waals surface area (Å²) in [4.78, 5) is 30.0. The number of benzene rings is 3. The van der Waals surface area contributed by atoms with Crippen molar-refractivity contribution < 1.29 is 13.7 Å². The Morgan fingerprint density at radius 1 is 1.02 bits per heavy atom. The van der Waals surface area contributed by atoms with Crippen molar-refractivity contribution in [3.63, 3.8) is 0 Å². The number of aryl methyl sites for hydroxylation is 1. The molecule has 42 heavy (non-hydrogen) atoms. The van der Waals surface area contributed by atoms with Crippen molar-refractivity contribution in [3.05, 3.63) is 146 Å². The normalized spacial score (nSPS) is 16.1. The Kier molecular flexibility index (Phi) is 6.46. The highest BCUT2D eigenvalue weighted by molar-refractivity contribution is 7.07. The number of nitro benzene ring substituents is 1. The third-order valence-corrected chi connectivity index (χ3v) is 9.06. The molecule has 5 aromatic rings. The van der Waals surface area contributed by atoms with E-state index in [1.807, 2.05) is 18.2 Å². The molecule has 7 nitrogen and oxygen atoms in total. The Hall–Kier alpha value is -4.31. The van der Waals surface area contributed by atoms with Crippen LogP contribution in [0.15, 0.2) is 92.6 Å². The van der Waals surface area contributed by atoms with E-state index in [2.05, 4.69) is 6.07 Å². The minimum Gasteiger partial charge on any atom is -0.457 e. The van der Waals surface area contributed by atoms with Gasteiger partial charge in [0, 0.05) is 23.3 Å². The lowest BCUT2D eigenvalue weighted by atomic mass is 9.83. The molecule has 7 rings (SSSR count). The maximum Gasteiger partial charge on any atom is 0.289 e. The fraction of sp³-hybridized carbons (Fsp3) is 0.0968. The summed E-state index contributed by atoms with van der Waals surface area (Å²) in [7, 11) is 0. The lowest BCUT2D eigenvalue weighted by Gasteiger charge is -2.30. The average Bonchev–Trinajstić information content (AvgIpc) is 3.57. The SMILES string of the molecule is O=c1/c(=C/c2ccc(-c3cc(Cl)c([N+](=O)[O-])cc3Cl)o2)sc2n1[C@@H](c1ccc(F)cc1)C1=C(N=2)c2ccccc2CC1. The molecule has 0 unspecified atom stereocenters. The Balaban J connectivity index is 1.36. The van der Waals surface area contributed by atoms with Crippen molar-refractivity contribution in [2.75, 3.05) is 0 Å². The second-order valence-electron chi connectivity index (χ2n) is 9.91. The van der Waals surface area contributed by atoms with Crippen LogP contribution in [0.25, 0.3) is 23.1 Å². The number of nitrogens with zero attached hydrogens (tertiary/aromatic N) is 3. The number of allylic oxidation sites excluding steroid dienone is 1. The third kappa shape index (κ3) is 4.41. The number of nitro groups is 1. The number of rotatable bonds is 4. The van der Waals surface area contributed by atoms with Gasteiger partial charge in [0.15, 0.2) is 4.80 Å². The smallest absolute Gasteiger partial charge is 0.289 e. The molecule has 0 bridgehead atoms. The summed E-state index contributed by atoms with van der Waals surface area (Å²) in [5.41, 5.74) is 4.75. The lowest BCUT2D eigenvalue weighted by Crippen LogP contribution is -2.38. The van der Waals surface area contributed by atoms with Crippen LogP contribution < -0.4 is 14.9 Å². The summed E-state index contributed by atoms with van der Waals surface area (Å²) in [5.74, 6) is 0.373. The van der Waals surface area contributed by atoms with Gasteiger partial charge in [-0.1, -0.05) is 70.9 Å². The number of hydrogen-bond donors (Lipinski definition) is 0. The summed E-state index contributed by atoms with van der Waals surface area (Å²) >= 11 is 13.6. The fourth-order valence-electron chi connectivity index (χ4n) is 5.54. The number of aromatic nitrogens is 1. The van der Waals surface area contributed by atoms with Gasteiger partial charge in [-0.25, -0.2) is 9.38 Å². The molecule has 2 aliphatic rings. The van der Waals surface area contributed by atoms with Gasteiger partial charge >= 0.3 is 0 Å². The van der Waals surface area contributed by atoms with Gasteiger partial charge in [0.05, 0.1) is 26.2 Å². The van der Waals surface area contributed by atoms with Gasteiger partial charge in [-0.2, -0.15) is 0 Å². The second kappa shape index (κ2) is 10.2. The van der Waals surface area contributed by atoms with Crippen molar-refractivity contribution >= 4 is 52.0 Å². The van der Waals surface area contributed by atoms with Crippen LogP contribution in [0.3, 0.4) is 0 Å². The summed E-state index contributed by atoms with van der Waals surface area (Å²) in [6.07, 6.45) is 3.17. The summed E-state index contributed by atoms with van der Waals surface area (Å²) in [5, 5.41) is 11.2. The minimum atomic E-state index is -0.610. The van der Waals surface area contributed by atoms with E-state index >= 15 is 0 Å². The first-order valence-corrected chi connectivity index (χ1v) is 14.5. The number of fused-ring (bicyclic) bond motifs is 3. The van der Waals surface area contributed by atoms with Crippen molar-refractivity contribution in [1.29, 1.82) is 0 Å². The molecule has 0 N–H and O–H groups in total. The molecule has 0 saturated heterocycles. The zero-order valence-electron chi connectivity index (χ0n) is 21.5. The number of thiazole rings is 1. The van der Waals surface area contributed by atoms with Gasteiger partial charge in [-0.05, 0) is 59.9 Å². The largest absolute Gasteiger partial charge is 0.457 e. The molecule has 3 heterocycles. The first kappa shape index (κ1) is 26.6. The second-order valence-corrected chi connectivity index (χ2v) is 11.7. The van der Waals surface area contributed by atoms with Crippen molar-refractivity contribution in [1.82, 2.24) is 4.57 Å². The summed E-state index contributed by atoms with van der Waals surface area (Å²) in [6.45, 7) is 0. The maximum absolute atomic E-state index is 13.9. The monoisotopic (exact) mass is 617 g/mol. The molecule has 0 radical (unpaired) electrons. The van der Waals surface area contributed by atoms with Crippen LogP contribution in [0.1, 0.15) is 34.9 Å². The van der Waals surface area contributed by atoms with E-state index in [1.165, 1.54) is 41.2 Å². The highest BCUT2D eigenvalue weighted by atomic mass is 35.5. The van der Waals surface area contributed by atoms with E-state index in [0.717, 1.165) is 35.2 Å². The minimum absolute atomic E-state index is 0.0722. The molecule has 0 amide bonds. The molecule has 208 valence electrons.